The van der Waals surface area contributed by atoms with E-state index in [0.717, 1.165) is 25.7 Å². The van der Waals surface area contributed by atoms with Crippen molar-refractivity contribution in [2.75, 3.05) is 19.6 Å². The highest BCUT2D eigenvalue weighted by Crippen LogP contribution is 2.32. The summed E-state index contributed by atoms with van der Waals surface area (Å²) in [6, 6.07) is 4.76. The van der Waals surface area contributed by atoms with Crippen LogP contribution in [0.5, 0.6) is 0 Å². The first kappa shape index (κ1) is 46.0. The molecule has 2 amide bonds. The summed E-state index contributed by atoms with van der Waals surface area (Å²) in [4.78, 5) is 49.3. The van der Waals surface area contributed by atoms with Crippen molar-refractivity contribution < 1.29 is 28.3 Å². The molecule has 0 bridgehead atoms. The summed E-state index contributed by atoms with van der Waals surface area (Å²) in [5.74, 6) is -0.928. The number of hydrogen-bond donors (Lipinski definition) is 1. The molecule has 0 radical (unpaired) electrons. The minimum Gasteiger partial charge on any atom is -0.462 e. The van der Waals surface area contributed by atoms with Crippen molar-refractivity contribution >= 4 is 23.6 Å². The normalized spacial score (nSPS) is 17.8. The van der Waals surface area contributed by atoms with E-state index in [-0.39, 0.29) is 47.7 Å². The molecule has 4 rings (SSSR count). The van der Waals surface area contributed by atoms with Crippen LogP contribution in [0.1, 0.15) is 174 Å². The second-order valence-corrected chi connectivity index (χ2v) is 16.1. The molecule has 7 nitrogen and oxygen atoms in total. The van der Waals surface area contributed by atoms with Gasteiger partial charge in [0.1, 0.15) is 11.9 Å². The van der Waals surface area contributed by atoms with Gasteiger partial charge in [-0.2, -0.15) is 0 Å². The van der Waals surface area contributed by atoms with Crippen LogP contribution in [0.4, 0.5) is 4.39 Å². The summed E-state index contributed by atoms with van der Waals surface area (Å²) in [5, 5.41) is 2.50. The quantitative estimate of drug-likeness (QED) is 0.214. The van der Waals surface area contributed by atoms with Crippen LogP contribution in [0.2, 0.25) is 0 Å². The van der Waals surface area contributed by atoms with Crippen LogP contribution in [-0.4, -0.2) is 54.2 Å². The molecule has 3 fully saturated rings. The number of allylic oxidation sites excluding steroid dienone is 1. The third-order valence-corrected chi connectivity index (χ3v) is 9.75. The van der Waals surface area contributed by atoms with Crippen LogP contribution in [0.25, 0.3) is 0 Å². The fraction of sp³-hybridized carbons (Fsp3) is 0.721. The number of halogens is 1. The molecule has 1 aromatic carbocycles. The highest BCUT2D eigenvalue weighted by atomic mass is 19.1. The zero-order chi connectivity index (χ0) is 38.6. The molecular weight excluding hydrogens is 643 g/mol. The number of benzene rings is 1. The molecule has 0 spiro atoms. The Labute approximate surface area is 309 Å². The Morgan fingerprint density at radius 2 is 1.41 bits per heavy atom. The molecule has 0 aromatic heterocycles. The van der Waals surface area contributed by atoms with Crippen molar-refractivity contribution in [3.8, 4) is 0 Å². The molecule has 8 heteroatoms. The predicted octanol–water partition coefficient (Wildman–Crippen LogP) is 10.4. The Hall–Kier alpha value is -3.03. The van der Waals surface area contributed by atoms with Gasteiger partial charge in [0.15, 0.2) is 5.78 Å². The van der Waals surface area contributed by atoms with E-state index in [1.807, 2.05) is 34.6 Å². The van der Waals surface area contributed by atoms with Gasteiger partial charge in [-0.1, -0.05) is 125 Å². The number of ketones is 1. The number of nitrogens with zero attached hydrogens (tertiary/aromatic N) is 1. The average Bonchev–Trinajstić information content (AvgIpc) is 3.11. The third kappa shape index (κ3) is 18.3. The molecule has 1 aromatic rings. The zero-order valence-electron chi connectivity index (χ0n) is 33.6. The van der Waals surface area contributed by atoms with Crippen molar-refractivity contribution in [2.45, 2.75) is 164 Å². The van der Waals surface area contributed by atoms with Crippen molar-refractivity contribution in [1.29, 1.82) is 0 Å². The van der Waals surface area contributed by atoms with E-state index in [4.69, 9.17) is 4.74 Å². The summed E-state index contributed by atoms with van der Waals surface area (Å²) in [7, 11) is 0. The highest BCUT2D eigenvalue weighted by Gasteiger charge is 2.33. The highest BCUT2D eigenvalue weighted by molar-refractivity contribution is 5.97. The van der Waals surface area contributed by atoms with E-state index in [9.17, 15) is 19.2 Å². The van der Waals surface area contributed by atoms with Gasteiger partial charge in [0, 0.05) is 36.8 Å². The van der Waals surface area contributed by atoms with E-state index < -0.39 is 17.1 Å². The molecule has 51 heavy (non-hydrogen) atoms. The Morgan fingerprint density at radius 3 is 1.88 bits per heavy atom. The minimum absolute atomic E-state index is 0.0445. The summed E-state index contributed by atoms with van der Waals surface area (Å²) < 4.78 is 20.3. The number of carbonyl (C=O) groups is 4. The number of esters is 1. The maximum absolute atomic E-state index is 15.1. The lowest BCUT2D eigenvalue weighted by Crippen LogP contribution is -2.44. The third-order valence-electron chi connectivity index (χ3n) is 9.75. The topological polar surface area (TPSA) is 92.8 Å². The van der Waals surface area contributed by atoms with Gasteiger partial charge in [-0.3, -0.25) is 19.2 Å². The fourth-order valence-electron chi connectivity index (χ4n) is 5.91. The molecule has 1 heterocycles. The number of likely N-dealkylation sites (tertiary alicyclic amines) is 1. The molecule has 1 atom stereocenters. The average molecular weight is 715 g/mol. The van der Waals surface area contributed by atoms with Gasteiger partial charge in [0.2, 0.25) is 5.91 Å². The summed E-state index contributed by atoms with van der Waals surface area (Å²) >= 11 is 0. The van der Waals surface area contributed by atoms with E-state index in [1.54, 1.807) is 30.9 Å². The van der Waals surface area contributed by atoms with E-state index >= 15 is 4.39 Å². The first-order valence-electron chi connectivity index (χ1n) is 19.7. The number of Topliss-reactive ketones (excluding diaryl/α,β-unsaturated/α-hetero) is 1. The van der Waals surface area contributed by atoms with Gasteiger partial charge in [0.25, 0.3) is 5.91 Å². The predicted molar refractivity (Wildman–Crippen MR) is 207 cm³/mol. The van der Waals surface area contributed by atoms with E-state index in [0.29, 0.717) is 31.0 Å². The second kappa shape index (κ2) is 24.3. The molecule has 1 aliphatic heterocycles. The Kier molecular flexibility index (Phi) is 21.9. The zero-order valence-corrected chi connectivity index (χ0v) is 33.6. The molecular formula is C43H71FN2O5. The fourth-order valence-corrected chi connectivity index (χ4v) is 5.91. The number of hydrogen-bond acceptors (Lipinski definition) is 5. The number of piperidine rings is 1. The van der Waals surface area contributed by atoms with Crippen LogP contribution in [0.3, 0.4) is 0 Å². The van der Waals surface area contributed by atoms with Crippen LogP contribution in [-0.2, 0) is 19.1 Å². The Bertz CT molecular complexity index is 1210. The standard InChI is InChI=1S/C22H31FN2O3.C9H16O2.2C6H12/c1-14(2)18(26)12-24-20(27)17-10-6-9-16(19(17)23)15-8-7-11-25(13-15)21(28)22(3,4)5;1-2-9(10)11-8-6-4-3-5-7-8;1-2-4-6-5-3-1;1-5(2)6(3)4/h6,9-10,14-15H,7-8,11-13H2,1-5H3,(H,24,27);8H,2-7H2,1H3;1-6H2;6H,1H2,2-4H3. The smallest absolute Gasteiger partial charge is 0.305 e. The molecule has 1 saturated heterocycles. The first-order chi connectivity index (χ1) is 24.0. The van der Waals surface area contributed by atoms with Crippen molar-refractivity contribution in [3.63, 3.8) is 0 Å². The molecule has 2 saturated carbocycles. The van der Waals surface area contributed by atoms with Crippen molar-refractivity contribution in [3.05, 3.63) is 47.3 Å². The molecule has 1 unspecified atom stereocenters. The minimum atomic E-state index is -0.591. The second-order valence-electron chi connectivity index (χ2n) is 16.1. The number of nitrogens with one attached hydrogen (secondary N) is 1. The number of rotatable bonds is 8. The monoisotopic (exact) mass is 715 g/mol. The van der Waals surface area contributed by atoms with Crippen LogP contribution < -0.4 is 5.32 Å². The van der Waals surface area contributed by atoms with E-state index in [2.05, 4.69) is 25.7 Å². The molecule has 2 aliphatic carbocycles. The number of carbonyl (C=O) groups excluding carboxylic acids is 4. The maximum atomic E-state index is 15.1. The van der Waals surface area contributed by atoms with Crippen molar-refractivity contribution in [2.24, 2.45) is 17.3 Å². The number of amides is 2. The summed E-state index contributed by atoms with van der Waals surface area (Å²) in [5.41, 5.74) is 1.17. The van der Waals surface area contributed by atoms with Gasteiger partial charge in [-0.15, -0.1) is 0 Å². The Morgan fingerprint density at radius 1 is 0.882 bits per heavy atom. The van der Waals surface area contributed by atoms with Gasteiger partial charge in [-0.25, -0.2) is 4.39 Å². The lowest BCUT2D eigenvalue weighted by Gasteiger charge is -2.36. The van der Waals surface area contributed by atoms with Crippen LogP contribution in [0.15, 0.2) is 30.4 Å². The maximum Gasteiger partial charge on any atom is 0.305 e. The molecule has 290 valence electrons. The van der Waals surface area contributed by atoms with Gasteiger partial charge in [-0.05, 0) is 63.0 Å². The summed E-state index contributed by atoms with van der Waals surface area (Å²) in [6.07, 6.45) is 17.2. The lowest BCUT2D eigenvalue weighted by atomic mass is 9.87. The van der Waals surface area contributed by atoms with Gasteiger partial charge in [0.05, 0.1) is 12.1 Å². The largest absolute Gasteiger partial charge is 0.462 e. The van der Waals surface area contributed by atoms with Gasteiger partial charge >= 0.3 is 5.97 Å². The van der Waals surface area contributed by atoms with Crippen LogP contribution in [0, 0.1) is 23.1 Å². The first-order valence-corrected chi connectivity index (χ1v) is 19.7. The lowest BCUT2D eigenvalue weighted by molar-refractivity contribution is -0.150. The van der Waals surface area contributed by atoms with Gasteiger partial charge < -0.3 is 15.0 Å². The summed E-state index contributed by atoms with van der Waals surface area (Å²) in [6.45, 7) is 22.1. The van der Waals surface area contributed by atoms with Crippen LogP contribution >= 0.6 is 0 Å². The van der Waals surface area contributed by atoms with E-state index in [1.165, 1.54) is 69.4 Å². The molecule has 3 aliphatic rings. The molecule has 1 N–H and O–H groups in total. The number of ether oxygens (including phenoxy) is 1. The SMILES string of the molecule is C1CCCCC1.C=C(C)C(C)C.CC(C)C(=O)CNC(=O)c1cccc(C2CCCN(C(=O)C(C)(C)C)C2)c1F.CCC(=O)OC1CCCCC1. The Balaban J connectivity index is 0.000000454. The van der Waals surface area contributed by atoms with Crippen molar-refractivity contribution in [1.82, 2.24) is 10.2 Å².